The van der Waals surface area contributed by atoms with Gasteiger partial charge in [-0.05, 0) is 24.3 Å². The monoisotopic (exact) mass is 349 g/mol. The number of aromatic nitrogens is 1. The van der Waals surface area contributed by atoms with Crippen LogP contribution in [0.4, 0.5) is 17.6 Å². The summed E-state index contributed by atoms with van der Waals surface area (Å²) >= 11 is 5.78. The molecule has 0 unspecified atom stereocenters. The van der Waals surface area contributed by atoms with Gasteiger partial charge in [0.05, 0.1) is 17.8 Å². The smallest absolute Gasteiger partial charge is 0.464 e. The fourth-order valence-corrected chi connectivity index (χ4v) is 1.93. The van der Waals surface area contributed by atoms with Crippen LogP contribution in [0.25, 0.3) is 11.3 Å². The second-order valence-electron chi connectivity index (χ2n) is 4.18. The minimum absolute atomic E-state index is 0.0382. The van der Waals surface area contributed by atoms with Crippen LogP contribution in [-0.4, -0.2) is 24.4 Å². The van der Waals surface area contributed by atoms with Gasteiger partial charge in [-0.2, -0.15) is 0 Å². The summed E-state index contributed by atoms with van der Waals surface area (Å²) in [7, 11) is 1.10. The maximum absolute atomic E-state index is 14.2. The highest BCUT2D eigenvalue weighted by Crippen LogP contribution is 2.32. The van der Waals surface area contributed by atoms with Crippen LogP contribution < -0.4 is 4.74 Å². The molecule has 0 amide bonds. The molecule has 0 fully saturated rings. The Morgan fingerprint density at radius 3 is 2.52 bits per heavy atom. The Balaban J connectivity index is 2.51. The SMILES string of the molecule is COC(=O)c1nc(-c2cccc(OC(F)(F)F)c2F)ccc1Cl. The molecule has 1 aromatic heterocycles. The molecule has 0 atom stereocenters. The molecule has 1 aromatic carbocycles. The van der Waals surface area contributed by atoms with Crippen molar-refractivity contribution in [3.8, 4) is 17.0 Å². The molecule has 0 saturated carbocycles. The number of alkyl halides is 3. The third kappa shape index (κ3) is 3.89. The molecule has 0 saturated heterocycles. The highest BCUT2D eigenvalue weighted by Gasteiger charge is 2.33. The highest BCUT2D eigenvalue weighted by atomic mass is 35.5. The molecule has 0 aliphatic rings. The zero-order chi connectivity index (χ0) is 17.2. The molecular weight excluding hydrogens is 342 g/mol. The van der Waals surface area contributed by atoms with Gasteiger partial charge in [0.1, 0.15) is 0 Å². The lowest BCUT2D eigenvalue weighted by Gasteiger charge is -2.12. The molecule has 0 bridgehead atoms. The van der Waals surface area contributed by atoms with Gasteiger partial charge >= 0.3 is 12.3 Å². The molecule has 4 nitrogen and oxygen atoms in total. The predicted octanol–water partition coefficient (Wildman–Crippen LogP) is 4.23. The molecule has 0 spiro atoms. The lowest BCUT2D eigenvalue weighted by atomic mass is 10.1. The standard InChI is InChI=1S/C14H8ClF4NO3/c1-22-13(21)12-8(15)5-6-9(20-12)7-3-2-4-10(11(7)16)23-14(17,18)19/h2-6H,1H3. The molecule has 0 aliphatic carbocycles. The van der Waals surface area contributed by atoms with Gasteiger partial charge in [-0.3, -0.25) is 0 Å². The van der Waals surface area contributed by atoms with Crippen molar-refractivity contribution < 1.29 is 31.8 Å². The van der Waals surface area contributed by atoms with Crippen molar-refractivity contribution in [1.82, 2.24) is 4.98 Å². The number of ether oxygens (including phenoxy) is 2. The largest absolute Gasteiger partial charge is 0.573 e. The summed E-state index contributed by atoms with van der Waals surface area (Å²) in [6, 6.07) is 5.68. The summed E-state index contributed by atoms with van der Waals surface area (Å²) in [5, 5.41) is -0.0382. The highest BCUT2D eigenvalue weighted by molar-refractivity contribution is 6.33. The van der Waals surface area contributed by atoms with Crippen molar-refractivity contribution in [2.45, 2.75) is 6.36 Å². The number of benzene rings is 1. The summed E-state index contributed by atoms with van der Waals surface area (Å²) in [5.41, 5.74) is -0.665. The minimum atomic E-state index is -5.04. The van der Waals surface area contributed by atoms with Crippen LogP contribution in [0.5, 0.6) is 5.75 Å². The van der Waals surface area contributed by atoms with Crippen LogP contribution in [0.15, 0.2) is 30.3 Å². The molecule has 0 N–H and O–H groups in total. The van der Waals surface area contributed by atoms with Crippen LogP contribution in [0.3, 0.4) is 0 Å². The van der Waals surface area contributed by atoms with E-state index in [1.807, 2.05) is 0 Å². The normalized spacial score (nSPS) is 11.2. The average Bonchev–Trinajstić information content (AvgIpc) is 2.48. The molecule has 0 radical (unpaired) electrons. The predicted molar refractivity (Wildman–Crippen MR) is 72.7 cm³/mol. The lowest BCUT2D eigenvalue weighted by Crippen LogP contribution is -2.18. The quantitative estimate of drug-likeness (QED) is 0.614. The van der Waals surface area contributed by atoms with Gasteiger partial charge in [0.25, 0.3) is 0 Å². The Morgan fingerprint density at radius 2 is 1.91 bits per heavy atom. The number of halogens is 5. The van der Waals surface area contributed by atoms with E-state index in [0.29, 0.717) is 0 Å². The topological polar surface area (TPSA) is 48.4 Å². The molecule has 9 heteroatoms. The van der Waals surface area contributed by atoms with Gasteiger partial charge in [-0.1, -0.05) is 17.7 Å². The van der Waals surface area contributed by atoms with Crippen molar-refractivity contribution in [2.75, 3.05) is 7.11 Å². The number of hydrogen-bond acceptors (Lipinski definition) is 4. The van der Waals surface area contributed by atoms with Crippen molar-refractivity contribution in [2.24, 2.45) is 0 Å². The van der Waals surface area contributed by atoms with Gasteiger partial charge in [0.2, 0.25) is 0 Å². The maximum Gasteiger partial charge on any atom is 0.573 e. The Kier molecular flexibility index (Phi) is 4.74. The molecular formula is C14H8ClF4NO3. The second kappa shape index (κ2) is 6.41. The molecule has 122 valence electrons. The third-order valence-corrected chi connectivity index (χ3v) is 2.99. The van der Waals surface area contributed by atoms with Crippen LogP contribution in [0, 0.1) is 5.82 Å². The first kappa shape index (κ1) is 17.0. The Bertz CT molecular complexity index is 749. The van der Waals surface area contributed by atoms with E-state index in [2.05, 4.69) is 14.5 Å². The van der Waals surface area contributed by atoms with Gasteiger partial charge in [-0.25, -0.2) is 14.2 Å². The Hall–Kier alpha value is -2.35. The number of rotatable bonds is 3. The van der Waals surface area contributed by atoms with E-state index in [9.17, 15) is 22.4 Å². The van der Waals surface area contributed by atoms with Crippen molar-refractivity contribution in [3.05, 3.63) is 46.9 Å². The van der Waals surface area contributed by atoms with Gasteiger partial charge in [0, 0.05) is 5.56 Å². The van der Waals surface area contributed by atoms with Crippen LogP contribution >= 0.6 is 11.6 Å². The van der Waals surface area contributed by atoms with Crippen molar-refractivity contribution in [1.29, 1.82) is 0 Å². The minimum Gasteiger partial charge on any atom is -0.464 e. The molecule has 23 heavy (non-hydrogen) atoms. The number of nitrogens with zero attached hydrogens (tertiary/aromatic N) is 1. The fraction of sp³-hybridized carbons (Fsp3) is 0.143. The molecule has 0 aliphatic heterocycles. The second-order valence-corrected chi connectivity index (χ2v) is 4.59. The van der Waals surface area contributed by atoms with Crippen LogP contribution in [-0.2, 0) is 4.74 Å². The van der Waals surface area contributed by atoms with Crippen molar-refractivity contribution in [3.63, 3.8) is 0 Å². The number of esters is 1. The summed E-state index contributed by atoms with van der Waals surface area (Å²) in [6.07, 6.45) is -5.04. The number of carbonyl (C=O) groups excluding carboxylic acids is 1. The average molecular weight is 350 g/mol. The molecule has 2 rings (SSSR count). The van der Waals surface area contributed by atoms with E-state index in [4.69, 9.17) is 11.6 Å². The first-order valence-electron chi connectivity index (χ1n) is 6.02. The van der Waals surface area contributed by atoms with E-state index >= 15 is 0 Å². The Labute approximate surface area is 132 Å². The molecule has 2 aromatic rings. The summed E-state index contributed by atoms with van der Waals surface area (Å²) in [6.45, 7) is 0. The zero-order valence-electron chi connectivity index (χ0n) is 11.4. The number of carbonyl (C=O) groups is 1. The number of hydrogen-bond donors (Lipinski definition) is 0. The fourth-order valence-electron chi connectivity index (χ4n) is 1.74. The van der Waals surface area contributed by atoms with Crippen molar-refractivity contribution >= 4 is 17.6 Å². The van der Waals surface area contributed by atoms with E-state index in [1.54, 1.807) is 0 Å². The van der Waals surface area contributed by atoms with E-state index < -0.39 is 23.9 Å². The summed E-state index contributed by atoms with van der Waals surface area (Å²) < 4.78 is 59.0. The van der Waals surface area contributed by atoms with Crippen LogP contribution in [0.1, 0.15) is 10.5 Å². The van der Waals surface area contributed by atoms with Gasteiger partial charge < -0.3 is 9.47 Å². The number of pyridine rings is 1. The van der Waals surface area contributed by atoms with E-state index in [1.165, 1.54) is 18.2 Å². The third-order valence-electron chi connectivity index (χ3n) is 2.69. The van der Waals surface area contributed by atoms with E-state index in [-0.39, 0.29) is 22.0 Å². The first-order chi connectivity index (χ1) is 10.7. The van der Waals surface area contributed by atoms with E-state index in [0.717, 1.165) is 19.2 Å². The van der Waals surface area contributed by atoms with Crippen LogP contribution in [0.2, 0.25) is 5.02 Å². The molecule has 1 heterocycles. The Morgan fingerprint density at radius 1 is 1.22 bits per heavy atom. The first-order valence-corrected chi connectivity index (χ1v) is 6.40. The van der Waals surface area contributed by atoms with Gasteiger partial charge in [0.15, 0.2) is 17.3 Å². The zero-order valence-corrected chi connectivity index (χ0v) is 12.2. The lowest BCUT2D eigenvalue weighted by molar-refractivity contribution is -0.275. The number of methoxy groups -OCH3 is 1. The summed E-state index contributed by atoms with van der Waals surface area (Å²) in [5.74, 6) is -3.14. The maximum atomic E-state index is 14.2. The summed E-state index contributed by atoms with van der Waals surface area (Å²) in [4.78, 5) is 15.3. The van der Waals surface area contributed by atoms with Gasteiger partial charge in [-0.15, -0.1) is 13.2 Å².